The number of sulfonamides is 1. The van der Waals surface area contributed by atoms with E-state index in [4.69, 9.17) is 11.6 Å². The zero-order valence-electron chi connectivity index (χ0n) is 17.7. The second kappa shape index (κ2) is 10.1. The molecule has 2 rings (SSSR count). The van der Waals surface area contributed by atoms with Gasteiger partial charge in [0.2, 0.25) is 21.8 Å². The summed E-state index contributed by atoms with van der Waals surface area (Å²) in [5.74, 6) is -1.44. The molecule has 7 nitrogen and oxygen atoms in total. The lowest BCUT2D eigenvalue weighted by molar-refractivity contribution is -0.139. The van der Waals surface area contributed by atoms with Gasteiger partial charge in [0.25, 0.3) is 0 Å². The van der Waals surface area contributed by atoms with Gasteiger partial charge in [-0.15, -0.1) is 0 Å². The molecule has 168 valence electrons. The van der Waals surface area contributed by atoms with Crippen molar-refractivity contribution in [3.05, 3.63) is 64.4 Å². The summed E-state index contributed by atoms with van der Waals surface area (Å²) >= 11 is 6.04. The molecule has 0 saturated heterocycles. The topological polar surface area (TPSA) is 86.8 Å². The lowest BCUT2D eigenvalue weighted by atomic mass is 10.1. The van der Waals surface area contributed by atoms with E-state index in [0.717, 1.165) is 10.6 Å². The molecule has 2 aromatic carbocycles. The number of anilines is 1. The number of hydrogen-bond donors (Lipinski definition) is 1. The average molecular weight is 470 g/mol. The van der Waals surface area contributed by atoms with Crippen LogP contribution in [-0.4, -0.2) is 51.0 Å². The zero-order valence-corrected chi connectivity index (χ0v) is 19.3. The third kappa shape index (κ3) is 6.41. The van der Waals surface area contributed by atoms with Crippen LogP contribution in [0.15, 0.2) is 42.5 Å². The fraction of sp³-hybridized carbons (Fsp3) is 0.333. The quantitative estimate of drug-likeness (QED) is 0.644. The molecule has 2 amide bonds. The van der Waals surface area contributed by atoms with Gasteiger partial charge in [0.05, 0.1) is 11.9 Å². The van der Waals surface area contributed by atoms with Crippen LogP contribution in [0.2, 0.25) is 5.02 Å². The lowest BCUT2D eigenvalue weighted by Crippen LogP contribution is -2.50. The first kappa shape index (κ1) is 24.6. The maximum Gasteiger partial charge on any atom is 0.244 e. The van der Waals surface area contributed by atoms with Gasteiger partial charge in [-0.1, -0.05) is 29.8 Å². The number of carbonyl (C=O) groups is 2. The molecule has 0 radical (unpaired) electrons. The highest BCUT2D eigenvalue weighted by Gasteiger charge is 2.30. The van der Waals surface area contributed by atoms with E-state index in [1.54, 1.807) is 19.1 Å². The number of halogens is 2. The summed E-state index contributed by atoms with van der Waals surface area (Å²) < 4.78 is 39.2. The van der Waals surface area contributed by atoms with Crippen molar-refractivity contribution < 1.29 is 22.4 Å². The minimum Gasteiger partial charge on any atom is -0.357 e. The summed E-state index contributed by atoms with van der Waals surface area (Å²) in [4.78, 5) is 26.7. The summed E-state index contributed by atoms with van der Waals surface area (Å²) in [5.41, 5.74) is 1.49. The van der Waals surface area contributed by atoms with Crippen molar-refractivity contribution in [2.24, 2.45) is 0 Å². The summed E-state index contributed by atoms with van der Waals surface area (Å²) in [6.45, 7) is 2.72. The Morgan fingerprint density at radius 2 is 1.77 bits per heavy atom. The number of rotatable bonds is 8. The minimum atomic E-state index is -3.84. The van der Waals surface area contributed by atoms with Gasteiger partial charge in [0, 0.05) is 18.6 Å². The molecule has 0 bridgehead atoms. The molecule has 0 aliphatic carbocycles. The monoisotopic (exact) mass is 469 g/mol. The van der Waals surface area contributed by atoms with Gasteiger partial charge >= 0.3 is 0 Å². The number of nitrogens with one attached hydrogen (secondary N) is 1. The highest BCUT2D eigenvalue weighted by Crippen LogP contribution is 2.26. The fourth-order valence-corrected chi connectivity index (χ4v) is 4.09. The first-order chi connectivity index (χ1) is 14.4. The van der Waals surface area contributed by atoms with Crippen molar-refractivity contribution in [3.8, 4) is 0 Å². The molecule has 0 fully saturated rings. The van der Waals surface area contributed by atoms with Crippen LogP contribution >= 0.6 is 11.6 Å². The molecule has 2 aromatic rings. The summed E-state index contributed by atoms with van der Waals surface area (Å²) in [7, 11) is -2.40. The van der Waals surface area contributed by atoms with Crippen LogP contribution in [0.4, 0.5) is 10.1 Å². The molecule has 0 saturated carbocycles. The van der Waals surface area contributed by atoms with Crippen molar-refractivity contribution in [3.63, 3.8) is 0 Å². The van der Waals surface area contributed by atoms with Crippen molar-refractivity contribution in [1.29, 1.82) is 0 Å². The largest absolute Gasteiger partial charge is 0.357 e. The molecule has 0 aromatic heterocycles. The molecule has 0 unspecified atom stereocenters. The van der Waals surface area contributed by atoms with E-state index in [1.807, 2.05) is 0 Å². The van der Waals surface area contributed by atoms with Crippen molar-refractivity contribution >= 4 is 39.1 Å². The maximum atomic E-state index is 13.3. The predicted molar refractivity (Wildman–Crippen MR) is 119 cm³/mol. The number of likely N-dealkylation sites (N-methyl/N-ethyl adjacent to an activating group) is 1. The molecule has 0 aliphatic rings. The number of aryl methyl sites for hydroxylation is 1. The third-order valence-electron chi connectivity index (χ3n) is 4.80. The Hall–Kier alpha value is -2.65. The number of carbonyl (C=O) groups excluding carboxylic acids is 2. The Morgan fingerprint density at radius 1 is 1.16 bits per heavy atom. The second-order valence-corrected chi connectivity index (χ2v) is 9.48. The van der Waals surface area contributed by atoms with Gasteiger partial charge in [-0.3, -0.25) is 13.9 Å². The van der Waals surface area contributed by atoms with E-state index < -0.39 is 40.2 Å². The molecule has 0 heterocycles. The molecule has 0 spiro atoms. The molecule has 0 aliphatic heterocycles. The SMILES string of the molecule is CNC(=O)[C@@H](C)N(Cc1ccc(F)cc1)C(=O)CN(c1cc(Cl)ccc1C)S(C)(=O)=O. The van der Waals surface area contributed by atoms with Gasteiger partial charge in [0.1, 0.15) is 18.4 Å². The molecular weight excluding hydrogens is 445 g/mol. The average Bonchev–Trinajstić information content (AvgIpc) is 2.71. The predicted octanol–water partition coefficient (Wildman–Crippen LogP) is 2.72. The van der Waals surface area contributed by atoms with Crippen LogP contribution in [0.3, 0.4) is 0 Å². The highest BCUT2D eigenvalue weighted by molar-refractivity contribution is 7.92. The first-order valence-corrected chi connectivity index (χ1v) is 11.7. The van der Waals surface area contributed by atoms with Crippen LogP contribution in [0.1, 0.15) is 18.1 Å². The van der Waals surface area contributed by atoms with Crippen LogP contribution in [0, 0.1) is 12.7 Å². The Labute approximate surface area is 186 Å². The van der Waals surface area contributed by atoms with Gasteiger partial charge in [-0.05, 0) is 49.2 Å². The Kier molecular flexibility index (Phi) is 8.02. The van der Waals surface area contributed by atoms with E-state index in [0.29, 0.717) is 16.1 Å². The first-order valence-electron chi connectivity index (χ1n) is 9.43. The van der Waals surface area contributed by atoms with Crippen LogP contribution in [-0.2, 0) is 26.2 Å². The normalized spacial score (nSPS) is 12.2. The number of nitrogens with zero attached hydrogens (tertiary/aromatic N) is 2. The van der Waals surface area contributed by atoms with Gasteiger partial charge in [-0.25, -0.2) is 12.8 Å². The Balaban J connectivity index is 2.42. The van der Waals surface area contributed by atoms with Crippen LogP contribution in [0.5, 0.6) is 0 Å². The van der Waals surface area contributed by atoms with E-state index >= 15 is 0 Å². The van der Waals surface area contributed by atoms with Crippen LogP contribution < -0.4 is 9.62 Å². The highest BCUT2D eigenvalue weighted by atomic mass is 35.5. The van der Waals surface area contributed by atoms with Crippen molar-refractivity contribution in [2.45, 2.75) is 26.4 Å². The van der Waals surface area contributed by atoms with E-state index in [2.05, 4.69) is 5.32 Å². The smallest absolute Gasteiger partial charge is 0.244 e. The van der Waals surface area contributed by atoms with Gasteiger partial charge in [-0.2, -0.15) is 0 Å². The maximum absolute atomic E-state index is 13.3. The standard InChI is InChI=1S/C21H25ClFN3O4S/c1-14-5-8-17(22)11-19(14)26(31(4,29)30)13-20(27)25(15(2)21(28)24-3)12-16-6-9-18(23)10-7-16/h5-11,15H,12-13H2,1-4H3,(H,24,28)/t15-/m1/s1. The minimum absolute atomic E-state index is 0.000169. The summed E-state index contributed by atoms with van der Waals surface area (Å²) in [6.07, 6.45) is 0.993. The zero-order chi connectivity index (χ0) is 23.3. The Bertz CT molecular complexity index is 1060. The van der Waals surface area contributed by atoms with Crippen molar-refractivity contribution in [2.75, 3.05) is 24.2 Å². The summed E-state index contributed by atoms with van der Waals surface area (Å²) in [6, 6.07) is 9.37. The molecule has 1 atom stereocenters. The van der Waals surface area contributed by atoms with Gasteiger partial charge < -0.3 is 10.2 Å². The summed E-state index contributed by atoms with van der Waals surface area (Å²) in [5, 5.41) is 2.81. The number of amides is 2. The number of hydrogen-bond acceptors (Lipinski definition) is 4. The third-order valence-corrected chi connectivity index (χ3v) is 6.16. The second-order valence-electron chi connectivity index (χ2n) is 7.14. The molecule has 31 heavy (non-hydrogen) atoms. The van der Waals surface area contributed by atoms with Crippen molar-refractivity contribution in [1.82, 2.24) is 10.2 Å². The van der Waals surface area contributed by atoms with Gasteiger partial charge in [0.15, 0.2) is 0 Å². The van der Waals surface area contributed by atoms with E-state index in [1.165, 1.54) is 49.2 Å². The lowest BCUT2D eigenvalue weighted by Gasteiger charge is -2.31. The van der Waals surface area contributed by atoms with Crippen LogP contribution in [0.25, 0.3) is 0 Å². The van der Waals surface area contributed by atoms with E-state index in [9.17, 15) is 22.4 Å². The molecule has 10 heteroatoms. The molecule has 1 N–H and O–H groups in total. The van der Waals surface area contributed by atoms with E-state index in [-0.39, 0.29) is 12.2 Å². The Morgan fingerprint density at radius 3 is 2.32 bits per heavy atom. The molecular formula is C21H25ClFN3O4S. The fourth-order valence-electron chi connectivity index (χ4n) is 3.02. The number of benzene rings is 2.